The molecular weight excluding hydrogens is 382 g/mol. The van der Waals surface area contributed by atoms with Gasteiger partial charge in [-0.25, -0.2) is 0 Å². The van der Waals surface area contributed by atoms with E-state index in [-0.39, 0.29) is 5.56 Å². The van der Waals surface area contributed by atoms with Gasteiger partial charge in [0.05, 0.1) is 17.1 Å². The molecule has 0 saturated carbocycles. The molecule has 6 heteroatoms. The van der Waals surface area contributed by atoms with Crippen molar-refractivity contribution in [3.05, 3.63) is 63.7 Å². The number of aromatic nitrogens is 2. The first kappa shape index (κ1) is 19.9. The minimum absolute atomic E-state index is 0.00157. The van der Waals surface area contributed by atoms with Crippen LogP contribution in [-0.4, -0.2) is 24.6 Å². The smallest absolute Gasteiger partial charge is 0.258 e. The van der Waals surface area contributed by atoms with Crippen LogP contribution in [0.2, 0.25) is 0 Å². The lowest BCUT2D eigenvalue weighted by Gasteiger charge is -2.22. The number of hydrogen-bond donors (Lipinski definition) is 0. The highest BCUT2D eigenvalue weighted by molar-refractivity contribution is 7.91. The Labute approximate surface area is 173 Å². The van der Waals surface area contributed by atoms with Crippen molar-refractivity contribution in [2.45, 2.75) is 52.3 Å². The number of nitrogens with zero attached hydrogens (tertiary/aromatic N) is 3. The Bertz CT molecular complexity index is 1210. The molecule has 1 unspecified atom stereocenters. The first-order valence-electron chi connectivity index (χ1n) is 9.77. The van der Waals surface area contributed by atoms with E-state index in [1.807, 2.05) is 63.5 Å². The number of pyridine rings is 2. The Morgan fingerprint density at radius 1 is 1.24 bits per heavy atom. The summed E-state index contributed by atoms with van der Waals surface area (Å²) in [6.07, 6.45) is 2.54. The minimum atomic E-state index is -1.37. The molecule has 0 fully saturated rings. The van der Waals surface area contributed by atoms with Gasteiger partial charge in [0.25, 0.3) is 5.56 Å². The van der Waals surface area contributed by atoms with Gasteiger partial charge >= 0.3 is 0 Å². The Hall–Kier alpha value is -2.44. The molecule has 1 aliphatic rings. The lowest BCUT2D eigenvalue weighted by Crippen LogP contribution is -2.28. The highest BCUT2D eigenvalue weighted by Gasteiger charge is 2.27. The van der Waals surface area contributed by atoms with Gasteiger partial charge in [-0.3, -0.25) is 9.78 Å². The van der Waals surface area contributed by atoms with E-state index in [2.05, 4.69) is 15.4 Å². The quantitative estimate of drug-likeness (QED) is 0.472. The lowest BCUT2D eigenvalue weighted by molar-refractivity contribution is 0.561. The number of fused-ring (bicyclic) bond motifs is 4. The molecule has 5 nitrogen and oxygen atoms in total. The fourth-order valence-electron chi connectivity index (χ4n) is 3.74. The van der Waals surface area contributed by atoms with Crippen LogP contribution in [0.15, 0.2) is 45.7 Å². The average Bonchev–Trinajstić information content (AvgIpc) is 2.67. The summed E-state index contributed by atoms with van der Waals surface area (Å²) >= 11 is -1.37. The summed E-state index contributed by atoms with van der Waals surface area (Å²) in [7, 11) is 0. The summed E-state index contributed by atoms with van der Waals surface area (Å²) in [5, 5.41) is 1.52. The Morgan fingerprint density at radius 3 is 2.72 bits per heavy atom. The number of rotatable bonds is 2. The van der Waals surface area contributed by atoms with Crippen LogP contribution in [0.25, 0.3) is 22.0 Å². The summed E-state index contributed by atoms with van der Waals surface area (Å²) in [5.74, 6) is 0. The first-order valence-corrected chi connectivity index (χ1v) is 10.9. The van der Waals surface area contributed by atoms with E-state index in [1.165, 1.54) is 0 Å². The second-order valence-corrected chi connectivity index (χ2v) is 10.5. The average molecular weight is 408 g/mol. The molecule has 2 aromatic heterocycles. The van der Waals surface area contributed by atoms with Gasteiger partial charge < -0.3 is 9.12 Å². The van der Waals surface area contributed by atoms with Crippen LogP contribution in [0, 0.1) is 6.92 Å². The molecule has 0 N–H and O–H groups in total. The predicted molar refractivity (Wildman–Crippen MR) is 120 cm³/mol. The SMILES string of the molecule is CC(=N[S+]([O-])C(C)(C)C)c1cc(C)cc2c(=O)n3c(cc12)-c1cccnc1CC3. The van der Waals surface area contributed by atoms with E-state index in [4.69, 9.17) is 0 Å². The minimum Gasteiger partial charge on any atom is -0.591 e. The fourth-order valence-corrected chi connectivity index (χ4v) is 4.36. The molecule has 4 rings (SSSR count). The topological polar surface area (TPSA) is 70.3 Å². The molecule has 150 valence electrons. The highest BCUT2D eigenvalue weighted by atomic mass is 32.2. The van der Waals surface area contributed by atoms with Crippen LogP contribution < -0.4 is 5.56 Å². The molecule has 3 aromatic rings. The predicted octanol–water partition coefficient (Wildman–Crippen LogP) is 4.20. The summed E-state index contributed by atoms with van der Waals surface area (Å²) < 4.78 is 18.4. The molecule has 0 radical (unpaired) electrons. The monoisotopic (exact) mass is 407 g/mol. The van der Waals surface area contributed by atoms with Crippen LogP contribution in [0.3, 0.4) is 0 Å². The van der Waals surface area contributed by atoms with Crippen LogP contribution in [0.5, 0.6) is 0 Å². The third-order valence-corrected chi connectivity index (χ3v) is 6.73. The molecule has 1 atom stereocenters. The van der Waals surface area contributed by atoms with Crippen molar-refractivity contribution in [1.82, 2.24) is 9.55 Å². The van der Waals surface area contributed by atoms with Gasteiger partial charge in [0.15, 0.2) is 0 Å². The van der Waals surface area contributed by atoms with Gasteiger partial charge in [-0.2, -0.15) is 0 Å². The van der Waals surface area contributed by atoms with E-state index in [1.54, 1.807) is 6.20 Å². The van der Waals surface area contributed by atoms with Crippen molar-refractivity contribution in [3.8, 4) is 11.3 Å². The first-order chi connectivity index (χ1) is 13.7. The second-order valence-electron chi connectivity index (χ2n) is 8.55. The molecule has 29 heavy (non-hydrogen) atoms. The van der Waals surface area contributed by atoms with Crippen LogP contribution >= 0.6 is 0 Å². The van der Waals surface area contributed by atoms with Gasteiger partial charge in [-0.05, 0) is 75.9 Å². The van der Waals surface area contributed by atoms with Crippen molar-refractivity contribution >= 4 is 27.8 Å². The van der Waals surface area contributed by atoms with Crippen LogP contribution in [-0.2, 0) is 24.3 Å². The van der Waals surface area contributed by atoms with Crippen LogP contribution in [0.4, 0.5) is 0 Å². The number of aryl methyl sites for hydroxylation is 2. The maximum Gasteiger partial charge on any atom is 0.258 e. The summed E-state index contributed by atoms with van der Waals surface area (Å²) in [6.45, 7) is 10.2. The van der Waals surface area contributed by atoms with Crippen molar-refractivity contribution in [3.63, 3.8) is 0 Å². The molecule has 0 bridgehead atoms. The standard InChI is InChI=1S/C23H25N3O2S/c1-14-11-17(15(2)25-29(28)23(3,4)5)18-13-21-16-7-6-9-24-20(16)8-10-26(21)22(27)19(18)12-14/h6-7,9,11-13H,8,10H2,1-5H3. The van der Waals surface area contributed by atoms with Crippen molar-refractivity contribution < 1.29 is 4.55 Å². The molecule has 0 spiro atoms. The second kappa shape index (κ2) is 7.11. The largest absolute Gasteiger partial charge is 0.591 e. The molecule has 0 saturated heterocycles. The van der Waals surface area contributed by atoms with E-state index in [9.17, 15) is 9.35 Å². The van der Waals surface area contributed by atoms with E-state index < -0.39 is 16.1 Å². The maximum absolute atomic E-state index is 13.3. The molecular formula is C23H25N3O2S. The summed E-state index contributed by atoms with van der Waals surface area (Å²) in [4.78, 5) is 17.8. The van der Waals surface area contributed by atoms with E-state index in [0.29, 0.717) is 17.6 Å². The zero-order valence-electron chi connectivity index (χ0n) is 17.4. The molecule has 0 amide bonds. The molecule has 3 heterocycles. The van der Waals surface area contributed by atoms with Gasteiger partial charge in [-0.1, -0.05) is 4.40 Å². The normalized spacial score (nSPS) is 15.2. The van der Waals surface area contributed by atoms with Crippen molar-refractivity contribution in [2.75, 3.05) is 0 Å². The molecule has 0 aliphatic carbocycles. The Morgan fingerprint density at radius 2 is 2.00 bits per heavy atom. The summed E-state index contributed by atoms with van der Waals surface area (Å²) in [5.41, 5.74) is 5.41. The summed E-state index contributed by atoms with van der Waals surface area (Å²) in [6, 6.07) is 9.93. The highest BCUT2D eigenvalue weighted by Crippen LogP contribution is 2.31. The Balaban J connectivity index is 2.00. The third kappa shape index (κ3) is 3.51. The van der Waals surface area contributed by atoms with Crippen molar-refractivity contribution in [2.24, 2.45) is 4.40 Å². The number of hydrogen-bond acceptors (Lipinski definition) is 4. The zero-order chi connectivity index (χ0) is 20.9. The molecule has 1 aromatic carbocycles. The van der Waals surface area contributed by atoms with E-state index >= 15 is 0 Å². The third-order valence-electron chi connectivity index (χ3n) is 5.24. The van der Waals surface area contributed by atoms with E-state index in [0.717, 1.165) is 39.9 Å². The molecule has 1 aliphatic heterocycles. The van der Waals surface area contributed by atoms with Crippen LogP contribution in [0.1, 0.15) is 44.5 Å². The van der Waals surface area contributed by atoms with Gasteiger partial charge in [-0.15, -0.1) is 0 Å². The maximum atomic E-state index is 13.3. The van der Waals surface area contributed by atoms with Gasteiger partial charge in [0, 0.05) is 35.7 Å². The number of benzene rings is 1. The lowest BCUT2D eigenvalue weighted by atomic mass is 9.95. The fraction of sp³-hybridized carbons (Fsp3) is 0.348. The van der Waals surface area contributed by atoms with Crippen molar-refractivity contribution in [1.29, 1.82) is 0 Å². The Kier molecular flexibility index (Phi) is 4.87. The van der Waals surface area contributed by atoms with Gasteiger partial charge in [0.2, 0.25) is 0 Å². The van der Waals surface area contributed by atoms with Gasteiger partial charge in [0.1, 0.15) is 16.1 Å². The zero-order valence-corrected chi connectivity index (χ0v) is 18.3.